The fourth-order valence-electron chi connectivity index (χ4n) is 2.31. The van der Waals surface area contributed by atoms with Gasteiger partial charge in [-0.1, -0.05) is 37.2 Å². The van der Waals surface area contributed by atoms with Crippen LogP contribution >= 0.6 is 11.8 Å². The molecular formula is C18H22FN3O2S. The Morgan fingerprint density at radius 2 is 2.00 bits per heavy atom. The molecule has 0 radical (unpaired) electrons. The Balaban J connectivity index is 2.00. The molecule has 0 aliphatic heterocycles. The molecule has 0 unspecified atom stereocenters. The van der Waals surface area contributed by atoms with Gasteiger partial charge in [0, 0.05) is 11.8 Å². The van der Waals surface area contributed by atoms with Gasteiger partial charge in [0.15, 0.2) is 5.16 Å². The van der Waals surface area contributed by atoms with Gasteiger partial charge in [-0.3, -0.25) is 9.59 Å². The molecule has 0 saturated carbocycles. The smallest absolute Gasteiger partial charge is 0.251 e. The quantitative estimate of drug-likeness (QED) is 0.585. The lowest BCUT2D eigenvalue weighted by Gasteiger charge is -2.17. The number of hydrogen-bond donors (Lipinski definition) is 2. The number of aryl methyl sites for hydroxylation is 1. The normalized spacial score (nSPS) is 13.3. The Kier molecular flexibility index (Phi) is 6.75. The third-order valence-electron chi connectivity index (χ3n) is 3.67. The number of carbonyl (C=O) groups excluding carboxylic acids is 1. The third kappa shape index (κ3) is 5.70. The van der Waals surface area contributed by atoms with Crippen LogP contribution in [0.4, 0.5) is 4.39 Å². The number of rotatable bonds is 7. The van der Waals surface area contributed by atoms with Gasteiger partial charge in [0.1, 0.15) is 5.82 Å². The van der Waals surface area contributed by atoms with Crippen molar-refractivity contribution in [3.63, 3.8) is 0 Å². The van der Waals surface area contributed by atoms with E-state index >= 15 is 0 Å². The highest BCUT2D eigenvalue weighted by atomic mass is 32.2. The van der Waals surface area contributed by atoms with E-state index in [-0.39, 0.29) is 23.3 Å². The van der Waals surface area contributed by atoms with E-state index in [1.807, 2.05) is 13.8 Å². The van der Waals surface area contributed by atoms with Crippen LogP contribution in [-0.2, 0) is 11.2 Å². The fraction of sp³-hybridized carbons (Fsp3) is 0.389. The standard InChI is InChI=1S/C18H22FN3O2S/c1-4-5-15-10-16(23)22-18(21-15)25-12(3)17(24)20-11(2)13-6-8-14(19)9-7-13/h6-12H,4-5H2,1-3H3,(H,20,24)(H,21,22,23)/t11-,12+/m0/s1. The Morgan fingerprint density at radius 1 is 1.32 bits per heavy atom. The molecule has 1 heterocycles. The molecule has 1 aromatic carbocycles. The van der Waals surface area contributed by atoms with Crippen molar-refractivity contribution >= 4 is 17.7 Å². The predicted molar refractivity (Wildman–Crippen MR) is 97.1 cm³/mol. The largest absolute Gasteiger partial charge is 0.349 e. The maximum absolute atomic E-state index is 13.0. The molecule has 0 aliphatic carbocycles. The number of aromatic nitrogens is 2. The number of hydrogen-bond acceptors (Lipinski definition) is 4. The van der Waals surface area contributed by atoms with Gasteiger partial charge in [-0.15, -0.1) is 0 Å². The van der Waals surface area contributed by atoms with Gasteiger partial charge >= 0.3 is 0 Å². The molecule has 0 fully saturated rings. The Morgan fingerprint density at radius 3 is 2.64 bits per heavy atom. The van der Waals surface area contributed by atoms with Gasteiger partial charge in [-0.2, -0.15) is 0 Å². The van der Waals surface area contributed by atoms with E-state index in [9.17, 15) is 14.0 Å². The summed E-state index contributed by atoms with van der Waals surface area (Å²) in [5, 5.41) is 2.90. The predicted octanol–water partition coefficient (Wildman–Crippen LogP) is 3.22. The van der Waals surface area contributed by atoms with Crippen LogP contribution in [0.1, 0.15) is 44.5 Å². The van der Waals surface area contributed by atoms with Crippen molar-refractivity contribution in [3.05, 3.63) is 57.8 Å². The van der Waals surface area contributed by atoms with Crippen LogP contribution in [-0.4, -0.2) is 21.1 Å². The van der Waals surface area contributed by atoms with Gasteiger partial charge in [-0.25, -0.2) is 9.37 Å². The maximum atomic E-state index is 13.0. The summed E-state index contributed by atoms with van der Waals surface area (Å²) < 4.78 is 13.0. The van der Waals surface area contributed by atoms with E-state index in [4.69, 9.17) is 0 Å². The molecule has 0 spiro atoms. The van der Waals surface area contributed by atoms with Crippen LogP contribution in [0, 0.1) is 5.82 Å². The molecule has 2 rings (SSSR count). The van der Waals surface area contributed by atoms with E-state index in [1.165, 1.54) is 30.0 Å². The number of aromatic amines is 1. The first-order valence-electron chi connectivity index (χ1n) is 8.21. The molecule has 2 N–H and O–H groups in total. The van der Waals surface area contributed by atoms with Gasteiger partial charge in [0.2, 0.25) is 5.91 Å². The summed E-state index contributed by atoms with van der Waals surface area (Å²) in [5.41, 5.74) is 1.33. The first-order chi connectivity index (χ1) is 11.9. The summed E-state index contributed by atoms with van der Waals surface area (Å²) in [6.45, 7) is 5.61. The van der Waals surface area contributed by atoms with E-state index in [2.05, 4.69) is 15.3 Å². The zero-order valence-electron chi connectivity index (χ0n) is 14.5. The summed E-state index contributed by atoms with van der Waals surface area (Å²) in [6, 6.07) is 7.26. The van der Waals surface area contributed by atoms with Gasteiger partial charge in [0.25, 0.3) is 5.56 Å². The SMILES string of the molecule is CCCc1cc(=O)[nH]c(S[C@H](C)C(=O)N[C@@H](C)c2ccc(F)cc2)n1. The lowest BCUT2D eigenvalue weighted by atomic mass is 10.1. The topological polar surface area (TPSA) is 74.8 Å². The summed E-state index contributed by atoms with van der Waals surface area (Å²) in [6.07, 6.45) is 1.62. The number of thioether (sulfide) groups is 1. The van der Waals surface area contributed by atoms with Crippen molar-refractivity contribution in [1.82, 2.24) is 15.3 Å². The molecule has 0 saturated heterocycles. The average Bonchev–Trinajstić information content (AvgIpc) is 2.55. The van der Waals surface area contributed by atoms with Crippen LogP contribution in [0.5, 0.6) is 0 Å². The molecule has 7 heteroatoms. The highest BCUT2D eigenvalue weighted by Gasteiger charge is 2.18. The van der Waals surface area contributed by atoms with Crippen molar-refractivity contribution in [3.8, 4) is 0 Å². The zero-order valence-corrected chi connectivity index (χ0v) is 15.3. The number of nitrogens with one attached hydrogen (secondary N) is 2. The van der Waals surface area contributed by atoms with Crippen LogP contribution in [0.25, 0.3) is 0 Å². The number of benzene rings is 1. The Bertz CT molecular complexity index is 777. The van der Waals surface area contributed by atoms with Crippen LogP contribution < -0.4 is 10.9 Å². The number of nitrogens with zero attached hydrogens (tertiary/aromatic N) is 1. The number of halogens is 1. The minimum atomic E-state index is -0.428. The number of H-pyrrole nitrogens is 1. The van der Waals surface area contributed by atoms with Crippen LogP contribution in [0.2, 0.25) is 0 Å². The van der Waals surface area contributed by atoms with Crippen LogP contribution in [0.3, 0.4) is 0 Å². The molecule has 0 bridgehead atoms. The second-order valence-corrected chi connectivity index (χ2v) is 7.16. The molecule has 0 aliphatic rings. The highest BCUT2D eigenvalue weighted by molar-refractivity contribution is 8.00. The second kappa shape index (κ2) is 8.80. The average molecular weight is 363 g/mol. The molecule has 1 amide bonds. The molecule has 2 atom stereocenters. The minimum Gasteiger partial charge on any atom is -0.349 e. The first kappa shape index (κ1) is 19.2. The van der Waals surface area contributed by atoms with Gasteiger partial charge in [0.05, 0.1) is 11.3 Å². The maximum Gasteiger partial charge on any atom is 0.251 e. The highest BCUT2D eigenvalue weighted by Crippen LogP contribution is 2.20. The summed E-state index contributed by atoms with van der Waals surface area (Å²) in [5.74, 6) is -0.487. The van der Waals surface area contributed by atoms with E-state index < -0.39 is 5.25 Å². The third-order valence-corrected chi connectivity index (χ3v) is 4.65. The molecule has 1 aromatic heterocycles. The lowest BCUT2D eigenvalue weighted by Crippen LogP contribution is -2.33. The number of amides is 1. The first-order valence-corrected chi connectivity index (χ1v) is 9.09. The van der Waals surface area contributed by atoms with Crippen molar-refractivity contribution in [1.29, 1.82) is 0 Å². The summed E-state index contributed by atoms with van der Waals surface area (Å²) in [4.78, 5) is 31.1. The Labute approximate surface area is 150 Å². The molecular weight excluding hydrogens is 341 g/mol. The van der Waals surface area contributed by atoms with Crippen molar-refractivity contribution < 1.29 is 9.18 Å². The Hall–Kier alpha value is -2.15. The zero-order chi connectivity index (χ0) is 18.4. The minimum absolute atomic E-state index is 0.176. The summed E-state index contributed by atoms with van der Waals surface area (Å²) >= 11 is 1.21. The fourth-order valence-corrected chi connectivity index (χ4v) is 3.15. The van der Waals surface area contributed by atoms with Gasteiger partial charge < -0.3 is 10.3 Å². The van der Waals surface area contributed by atoms with E-state index in [0.717, 1.165) is 24.1 Å². The van der Waals surface area contributed by atoms with E-state index in [0.29, 0.717) is 5.16 Å². The van der Waals surface area contributed by atoms with E-state index in [1.54, 1.807) is 19.1 Å². The second-order valence-electron chi connectivity index (χ2n) is 5.83. The van der Waals surface area contributed by atoms with Crippen LogP contribution in [0.15, 0.2) is 40.3 Å². The van der Waals surface area contributed by atoms with Gasteiger partial charge in [-0.05, 0) is 38.0 Å². The number of carbonyl (C=O) groups is 1. The van der Waals surface area contributed by atoms with Crippen molar-refractivity contribution in [2.45, 2.75) is 50.1 Å². The molecule has 25 heavy (non-hydrogen) atoms. The molecule has 2 aromatic rings. The molecule has 5 nitrogen and oxygen atoms in total. The lowest BCUT2D eigenvalue weighted by molar-refractivity contribution is -0.120. The van der Waals surface area contributed by atoms with Crippen molar-refractivity contribution in [2.24, 2.45) is 0 Å². The van der Waals surface area contributed by atoms with Crippen molar-refractivity contribution in [2.75, 3.05) is 0 Å². The molecule has 134 valence electrons. The monoisotopic (exact) mass is 363 g/mol. The summed E-state index contributed by atoms with van der Waals surface area (Å²) in [7, 11) is 0.